The number of aromatic nitrogens is 1. The van der Waals surface area contributed by atoms with Gasteiger partial charge in [0, 0.05) is 32.4 Å². The highest BCUT2D eigenvalue weighted by molar-refractivity contribution is 6.53. The average Bonchev–Trinajstić information content (AvgIpc) is 3.14. The molecule has 1 aliphatic heterocycles. The Morgan fingerprint density at radius 1 is 1.24 bits per heavy atom. The van der Waals surface area contributed by atoms with E-state index >= 15 is 0 Å². The number of esters is 1. The summed E-state index contributed by atoms with van der Waals surface area (Å²) in [4.78, 5) is 32.5. The van der Waals surface area contributed by atoms with Gasteiger partial charge >= 0.3 is 5.97 Å². The van der Waals surface area contributed by atoms with Crippen molar-refractivity contribution in [2.24, 2.45) is 5.41 Å². The second kappa shape index (κ2) is 6.65. The number of ether oxygens (including phenoxy) is 1. The first-order chi connectivity index (χ1) is 11.8. The molecule has 3 rings (SSSR count). The summed E-state index contributed by atoms with van der Waals surface area (Å²) in [6.07, 6.45) is 2.02. The maximum absolute atomic E-state index is 12.6. The van der Waals surface area contributed by atoms with Gasteiger partial charge in [-0.3, -0.25) is 4.79 Å². The van der Waals surface area contributed by atoms with Crippen LogP contribution in [-0.4, -0.2) is 58.9 Å². The molecule has 1 amide bonds. The summed E-state index contributed by atoms with van der Waals surface area (Å²) < 4.78 is 4.01. The van der Waals surface area contributed by atoms with Crippen LogP contribution in [0, 0.1) is 5.41 Å². The summed E-state index contributed by atoms with van der Waals surface area (Å²) in [5, 5.41) is 0. The molecule has 1 aromatic rings. The molecule has 2 aliphatic rings. The molecule has 1 aromatic heterocycles. The number of alkyl halides is 2. The topological polar surface area (TPSA) is 62.7 Å². The Labute approximate surface area is 157 Å². The summed E-state index contributed by atoms with van der Waals surface area (Å²) in [6, 6.07) is 3.51. The van der Waals surface area contributed by atoms with Crippen LogP contribution in [0.4, 0.5) is 5.82 Å². The van der Waals surface area contributed by atoms with Gasteiger partial charge in [0.05, 0.1) is 17.6 Å². The van der Waals surface area contributed by atoms with Crippen LogP contribution in [0.2, 0.25) is 0 Å². The molecule has 0 spiro atoms. The standard InChI is InChI=1S/C17H21Cl2N3O3/c1-3-25-14(23)12-4-5-13(20-10-12)21-6-8-22(9-7-21)15(24)16(2)11-17(16,18)19/h4-5,10H,3,6-9,11H2,1-2H3/t16-/m0/s1. The molecule has 1 saturated heterocycles. The number of pyridine rings is 1. The minimum Gasteiger partial charge on any atom is -0.462 e. The molecule has 2 fully saturated rings. The fourth-order valence-corrected chi connectivity index (χ4v) is 3.72. The van der Waals surface area contributed by atoms with Crippen molar-refractivity contribution in [1.82, 2.24) is 9.88 Å². The van der Waals surface area contributed by atoms with E-state index in [1.807, 2.05) is 11.8 Å². The third-order valence-corrected chi connectivity index (χ3v) is 5.98. The average molecular weight is 386 g/mol. The molecule has 25 heavy (non-hydrogen) atoms. The minimum atomic E-state index is -0.939. The predicted molar refractivity (Wildman–Crippen MR) is 96.1 cm³/mol. The van der Waals surface area contributed by atoms with Crippen molar-refractivity contribution in [3.8, 4) is 0 Å². The number of anilines is 1. The first kappa shape index (κ1) is 18.3. The van der Waals surface area contributed by atoms with Crippen LogP contribution in [0.3, 0.4) is 0 Å². The highest BCUT2D eigenvalue weighted by Crippen LogP contribution is 2.64. The van der Waals surface area contributed by atoms with Crippen LogP contribution in [0.15, 0.2) is 18.3 Å². The van der Waals surface area contributed by atoms with Crippen molar-refractivity contribution in [3.63, 3.8) is 0 Å². The Hall–Kier alpha value is -1.53. The molecule has 0 bridgehead atoms. The zero-order valence-electron chi connectivity index (χ0n) is 14.3. The molecule has 0 N–H and O–H groups in total. The van der Waals surface area contributed by atoms with Gasteiger partial charge < -0.3 is 14.5 Å². The summed E-state index contributed by atoms with van der Waals surface area (Å²) in [5.41, 5.74) is -0.237. The molecule has 136 valence electrons. The van der Waals surface area contributed by atoms with E-state index in [1.54, 1.807) is 19.1 Å². The molecule has 8 heteroatoms. The number of rotatable bonds is 4. The first-order valence-corrected chi connectivity index (χ1v) is 9.09. The van der Waals surface area contributed by atoms with E-state index in [4.69, 9.17) is 27.9 Å². The van der Waals surface area contributed by atoms with Gasteiger partial charge in [-0.2, -0.15) is 0 Å². The number of halogens is 2. The highest BCUT2D eigenvalue weighted by atomic mass is 35.5. The molecule has 1 aliphatic carbocycles. The third kappa shape index (κ3) is 3.42. The SMILES string of the molecule is CCOC(=O)c1ccc(N2CCN(C(=O)[C@]3(C)CC3(Cl)Cl)CC2)nc1. The Morgan fingerprint density at radius 2 is 1.88 bits per heavy atom. The molecule has 6 nitrogen and oxygen atoms in total. The van der Waals surface area contributed by atoms with Gasteiger partial charge in [-0.05, 0) is 32.4 Å². The van der Waals surface area contributed by atoms with Gasteiger partial charge in [-0.15, -0.1) is 23.2 Å². The minimum absolute atomic E-state index is 0.0165. The van der Waals surface area contributed by atoms with Gasteiger partial charge in [0.2, 0.25) is 5.91 Å². The normalized spacial score (nSPS) is 24.8. The zero-order chi connectivity index (χ0) is 18.2. The van der Waals surface area contributed by atoms with Crippen LogP contribution in [-0.2, 0) is 9.53 Å². The van der Waals surface area contributed by atoms with Crippen molar-refractivity contribution in [2.45, 2.75) is 24.6 Å². The van der Waals surface area contributed by atoms with E-state index in [-0.39, 0.29) is 11.9 Å². The van der Waals surface area contributed by atoms with Crippen LogP contribution >= 0.6 is 23.2 Å². The lowest BCUT2D eigenvalue weighted by Crippen LogP contribution is -2.51. The molecule has 0 unspecified atom stereocenters. The summed E-state index contributed by atoms with van der Waals surface area (Å²) in [5.74, 6) is 0.421. The van der Waals surface area contributed by atoms with Gasteiger partial charge in [0.15, 0.2) is 0 Å². The number of nitrogens with zero attached hydrogens (tertiary/aromatic N) is 3. The lowest BCUT2D eigenvalue weighted by molar-refractivity contribution is -0.136. The number of piperazine rings is 1. The van der Waals surface area contributed by atoms with Crippen LogP contribution in [0.25, 0.3) is 0 Å². The third-order valence-electron chi connectivity index (χ3n) is 4.88. The number of hydrogen-bond acceptors (Lipinski definition) is 5. The Morgan fingerprint density at radius 3 is 2.36 bits per heavy atom. The van der Waals surface area contributed by atoms with Crippen LogP contribution in [0.5, 0.6) is 0 Å². The van der Waals surface area contributed by atoms with Gasteiger partial charge in [0.1, 0.15) is 10.2 Å². The van der Waals surface area contributed by atoms with Gasteiger partial charge in [-0.25, -0.2) is 9.78 Å². The second-order valence-electron chi connectivity index (χ2n) is 6.62. The second-order valence-corrected chi connectivity index (χ2v) is 8.10. The monoisotopic (exact) mass is 385 g/mol. The number of hydrogen-bond donors (Lipinski definition) is 0. The molecular formula is C17H21Cl2N3O3. The van der Waals surface area contributed by atoms with E-state index in [1.165, 1.54) is 6.20 Å². The quantitative estimate of drug-likeness (QED) is 0.588. The molecule has 1 saturated carbocycles. The van der Waals surface area contributed by atoms with Crippen molar-refractivity contribution in [1.29, 1.82) is 0 Å². The lowest BCUT2D eigenvalue weighted by atomic mass is 10.1. The number of carbonyl (C=O) groups excluding carboxylic acids is 2. The summed E-state index contributed by atoms with van der Waals surface area (Å²) >= 11 is 12.2. The summed E-state index contributed by atoms with van der Waals surface area (Å²) in [6.45, 7) is 6.45. The molecule has 2 heterocycles. The van der Waals surface area contributed by atoms with E-state index in [2.05, 4.69) is 9.88 Å². The summed E-state index contributed by atoms with van der Waals surface area (Å²) in [7, 11) is 0. The molecule has 1 atom stereocenters. The zero-order valence-corrected chi connectivity index (χ0v) is 15.8. The Bertz CT molecular complexity index is 672. The van der Waals surface area contributed by atoms with Crippen molar-refractivity contribution in [2.75, 3.05) is 37.7 Å². The lowest BCUT2D eigenvalue weighted by Gasteiger charge is -2.37. The van der Waals surface area contributed by atoms with Gasteiger partial charge in [0.25, 0.3) is 0 Å². The highest BCUT2D eigenvalue weighted by Gasteiger charge is 2.68. The Balaban J connectivity index is 1.57. The molecule has 0 radical (unpaired) electrons. The number of carbonyl (C=O) groups is 2. The number of amides is 1. The van der Waals surface area contributed by atoms with Crippen molar-refractivity contribution >= 4 is 40.9 Å². The molecular weight excluding hydrogens is 365 g/mol. The van der Waals surface area contributed by atoms with E-state index in [0.29, 0.717) is 44.8 Å². The van der Waals surface area contributed by atoms with Crippen LogP contribution < -0.4 is 4.90 Å². The first-order valence-electron chi connectivity index (χ1n) is 8.34. The van der Waals surface area contributed by atoms with Crippen molar-refractivity contribution < 1.29 is 14.3 Å². The molecule has 0 aromatic carbocycles. The van der Waals surface area contributed by atoms with Crippen LogP contribution in [0.1, 0.15) is 30.6 Å². The van der Waals surface area contributed by atoms with E-state index in [9.17, 15) is 9.59 Å². The maximum Gasteiger partial charge on any atom is 0.339 e. The smallest absolute Gasteiger partial charge is 0.339 e. The van der Waals surface area contributed by atoms with Gasteiger partial charge in [-0.1, -0.05) is 0 Å². The van der Waals surface area contributed by atoms with E-state index < -0.39 is 9.75 Å². The van der Waals surface area contributed by atoms with E-state index in [0.717, 1.165) is 5.82 Å². The largest absolute Gasteiger partial charge is 0.462 e. The van der Waals surface area contributed by atoms with Crippen molar-refractivity contribution in [3.05, 3.63) is 23.9 Å². The predicted octanol–water partition coefficient (Wildman–Crippen LogP) is 2.49. The fourth-order valence-electron chi connectivity index (χ4n) is 3.03. The maximum atomic E-state index is 12.6. The Kier molecular flexibility index (Phi) is 4.86. The fraction of sp³-hybridized carbons (Fsp3) is 0.588.